The zero-order valence-corrected chi connectivity index (χ0v) is 23.4. The van der Waals surface area contributed by atoms with Crippen LogP contribution in [0.15, 0.2) is 64.7 Å². The van der Waals surface area contributed by atoms with Gasteiger partial charge in [-0.3, -0.25) is 34.2 Å². The van der Waals surface area contributed by atoms with E-state index in [1.165, 1.54) is 29.2 Å². The molecule has 0 saturated carbocycles. The van der Waals surface area contributed by atoms with Crippen LogP contribution in [0, 0.1) is 5.82 Å². The number of hydrogen-bond acceptors (Lipinski definition) is 7. The van der Waals surface area contributed by atoms with E-state index in [0.717, 1.165) is 28.6 Å². The molecule has 2 unspecified atom stereocenters. The first-order chi connectivity index (χ1) is 19.5. The van der Waals surface area contributed by atoms with E-state index in [1.807, 2.05) is 0 Å². The first-order valence-corrected chi connectivity index (χ1v) is 13.8. The van der Waals surface area contributed by atoms with Gasteiger partial charge in [-0.05, 0) is 75.8 Å². The Balaban J connectivity index is 1.54. The van der Waals surface area contributed by atoms with Crippen molar-refractivity contribution < 1.29 is 32.8 Å². The van der Waals surface area contributed by atoms with E-state index in [0.29, 0.717) is 10.0 Å². The molecular formula is C27H20BrF2N5O5S. The molecule has 2 aliphatic heterocycles. The predicted molar refractivity (Wildman–Crippen MR) is 148 cm³/mol. The SMILES string of the molecule is C=C(F)C(=O)N(c1ccc2c(c1)C(=O)N(C1CCC(=O)NC1=O)C2)C(C(=O)Nc1ccc(F)cc1)c1nscc1Br. The van der Waals surface area contributed by atoms with Crippen LogP contribution in [0.1, 0.15) is 40.5 Å². The van der Waals surface area contributed by atoms with Gasteiger partial charge < -0.3 is 10.2 Å². The molecule has 0 spiro atoms. The number of carbonyl (C=O) groups is 5. The number of carbonyl (C=O) groups excluding carboxylic acids is 5. The Morgan fingerprint density at radius 3 is 2.56 bits per heavy atom. The molecule has 0 radical (unpaired) electrons. The van der Waals surface area contributed by atoms with Crippen LogP contribution >= 0.6 is 27.5 Å². The van der Waals surface area contributed by atoms with Crippen LogP contribution in [-0.2, 0) is 25.7 Å². The Morgan fingerprint density at radius 2 is 1.93 bits per heavy atom. The van der Waals surface area contributed by atoms with E-state index < -0.39 is 53.3 Å². The average Bonchev–Trinajstić information content (AvgIpc) is 3.50. The number of rotatable bonds is 7. The number of nitrogens with zero attached hydrogens (tertiary/aromatic N) is 3. The maximum Gasteiger partial charge on any atom is 0.287 e. The van der Waals surface area contributed by atoms with Crippen LogP contribution in [0.25, 0.3) is 0 Å². The minimum absolute atomic E-state index is 0.00909. The summed E-state index contributed by atoms with van der Waals surface area (Å²) in [5.74, 6) is -5.47. The summed E-state index contributed by atoms with van der Waals surface area (Å²) in [6.07, 6.45) is 0.239. The van der Waals surface area contributed by atoms with Gasteiger partial charge in [-0.15, -0.1) is 0 Å². The minimum Gasteiger partial charge on any atom is -0.324 e. The number of benzene rings is 2. The number of aromatic nitrogens is 1. The van der Waals surface area contributed by atoms with E-state index in [4.69, 9.17) is 0 Å². The molecule has 10 nitrogen and oxygen atoms in total. The molecule has 0 bridgehead atoms. The summed E-state index contributed by atoms with van der Waals surface area (Å²) in [6, 6.07) is 6.83. The van der Waals surface area contributed by atoms with E-state index in [2.05, 4.69) is 37.5 Å². The Morgan fingerprint density at radius 1 is 1.20 bits per heavy atom. The van der Waals surface area contributed by atoms with Crippen LogP contribution in [0.3, 0.4) is 0 Å². The van der Waals surface area contributed by atoms with Gasteiger partial charge in [-0.25, -0.2) is 8.78 Å². The molecule has 210 valence electrons. The predicted octanol–water partition coefficient (Wildman–Crippen LogP) is 4.00. The molecule has 1 aromatic heterocycles. The van der Waals surface area contributed by atoms with Crippen molar-refractivity contribution in [3.63, 3.8) is 0 Å². The standard InChI is InChI=1S/C27H20BrF2N5O5S/c1-13(29)26(39)35(23(22-19(28)12-41-33-22)25(38)31-16-5-3-15(30)4-6-16)17-7-2-14-11-34(27(40)18(14)10-17)20-8-9-21(36)32-24(20)37/h2-7,10,12,20,23H,1,8-9,11H2,(H,31,38)(H,32,36,37). The molecule has 2 N–H and O–H groups in total. The lowest BCUT2D eigenvalue weighted by Gasteiger charge is -2.30. The summed E-state index contributed by atoms with van der Waals surface area (Å²) in [4.78, 5) is 66.5. The van der Waals surface area contributed by atoms with Gasteiger partial charge in [-0.2, -0.15) is 4.37 Å². The quantitative estimate of drug-likeness (QED) is 0.296. The van der Waals surface area contributed by atoms with Gasteiger partial charge in [0.25, 0.3) is 17.7 Å². The van der Waals surface area contributed by atoms with Gasteiger partial charge >= 0.3 is 0 Å². The van der Waals surface area contributed by atoms with Crippen LogP contribution in [0.4, 0.5) is 20.2 Å². The number of halogens is 3. The third-order valence-electron chi connectivity index (χ3n) is 6.67. The fourth-order valence-corrected chi connectivity index (χ4v) is 5.98. The van der Waals surface area contributed by atoms with Crippen molar-refractivity contribution in [1.29, 1.82) is 0 Å². The molecule has 5 rings (SSSR count). The number of imide groups is 1. The number of anilines is 2. The van der Waals surface area contributed by atoms with Crippen molar-refractivity contribution in [1.82, 2.24) is 14.6 Å². The van der Waals surface area contributed by atoms with Crippen molar-refractivity contribution in [2.75, 3.05) is 10.2 Å². The highest BCUT2D eigenvalue weighted by atomic mass is 79.9. The Kier molecular flexibility index (Phi) is 7.78. The second kappa shape index (κ2) is 11.3. The lowest BCUT2D eigenvalue weighted by molar-refractivity contribution is -0.137. The zero-order chi connectivity index (χ0) is 29.4. The maximum atomic E-state index is 14.5. The molecule has 2 atom stereocenters. The van der Waals surface area contributed by atoms with Crippen LogP contribution in [0.5, 0.6) is 0 Å². The third-order valence-corrected chi connectivity index (χ3v) is 8.25. The third kappa shape index (κ3) is 5.52. The average molecular weight is 644 g/mol. The fraction of sp³-hybridized carbons (Fsp3) is 0.185. The normalized spacial score (nSPS) is 17.1. The van der Waals surface area contributed by atoms with Gasteiger partial charge in [0.2, 0.25) is 11.8 Å². The first-order valence-electron chi connectivity index (χ1n) is 12.2. The summed E-state index contributed by atoms with van der Waals surface area (Å²) >= 11 is 4.31. The summed E-state index contributed by atoms with van der Waals surface area (Å²) in [6.45, 7) is 3.19. The highest BCUT2D eigenvalue weighted by Gasteiger charge is 2.41. The molecule has 1 fully saturated rings. The van der Waals surface area contributed by atoms with Gasteiger partial charge in [0.05, 0.1) is 4.47 Å². The lowest BCUT2D eigenvalue weighted by Crippen LogP contribution is -2.52. The summed E-state index contributed by atoms with van der Waals surface area (Å²) in [5.41, 5.74) is 0.969. The van der Waals surface area contributed by atoms with Crippen molar-refractivity contribution in [3.8, 4) is 0 Å². The minimum atomic E-state index is -1.54. The Labute approximate surface area is 244 Å². The number of nitrogens with one attached hydrogen (secondary N) is 2. The van der Waals surface area contributed by atoms with Crippen molar-refractivity contribution in [2.24, 2.45) is 0 Å². The molecule has 5 amide bonds. The van der Waals surface area contributed by atoms with Crippen LogP contribution in [-0.4, -0.2) is 44.9 Å². The lowest BCUT2D eigenvalue weighted by atomic mass is 10.0. The van der Waals surface area contributed by atoms with E-state index in [1.54, 1.807) is 11.4 Å². The summed E-state index contributed by atoms with van der Waals surface area (Å²) in [7, 11) is 0. The van der Waals surface area contributed by atoms with Crippen LogP contribution in [0.2, 0.25) is 0 Å². The van der Waals surface area contributed by atoms with Gasteiger partial charge in [0.1, 0.15) is 17.6 Å². The molecule has 2 aliphatic rings. The maximum absolute atomic E-state index is 14.5. The molecule has 41 heavy (non-hydrogen) atoms. The fourth-order valence-electron chi connectivity index (χ4n) is 4.73. The second-order valence-corrected chi connectivity index (χ2v) is 10.8. The Bertz CT molecular complexity index is 1610. The highest BCUT2D eigenvalue weighted by Crippen LogP contribution is 2.37. The van der Waals surface area contributed by atoms with Crippen molar-refractivity contribution in [3.05, 3.63) is 87.4 Å². The van der Waals surface area contributed by atoms with Crippen LogP contribution < -0.4 is 15.5 Å². The highest BCUT2D eigenvalue weighted by molar-refractivity contribution is 9.10. The van der Waals surface area contributed by atoms with Gasteiger partial charge in [0.15, 0.2) is 11.9 Å². The molecular weight excluding hydrogens is 624 g/mol. The Hall–Kier alpha value is -4.30. The molecule has 1 saturated heterocycles. The topological polar surface area (TPSA) is 129 Å². The van der Waals surface area contributed by atoms with Crippen molar-refractivity contribution in [2.45, 2.75) is 31.5 Å². The second-order valence-electron chi connectivity index (χ2n) is 9.27. The number of piperidine rings is 1. The van der Waals surface area contributed by atoms with Crippen molar-refractivity contribution >= 4 is 68.4 Å². The largest absolute Gasteiger partial charge is 0.324 e. The van der Waals surface area contributed by atoms with E-state index >= 15 is 0 Å². The van der Waals surface area contributed by atoms with Gasteiger partial charge in [-0.1, -0.05) is 12.6 Å². The monoisotopic (exact) mass is 643 g/mol. The molecule has 14 heteroatoms. The van der Waals surface area contributed by atoms with E-state index in [9.17, 15) is 32.8 Å². The summed E-state index contributed by atoms with van der Waals surface area (Å²) < 4.78 is 32.5. The van der Waals surface area contributed by atoms with E-state index in [-0.39, 0.29) is 42.0 Å². The number of fused-ring (bicyclic) bond motifs is 1. The summed E-state index contributed by atoms with van der Waals surface area (Å²) in [5, 5.41) is 6.40. The molecule has 0 aliphatic carbocycles. The molecule has 3 aromatic rings. The molecule has 2 aromatic carbocycles. The van der Waals surface area contributed by atoms with Gasteiger partial charge in [0, 0.05) is 35.3 Å². The zero-order valence-electron chi connectivity index (χ0n) is 21.0. The number of amides is 5. The first kappa shape index (κ1) is 28.2. The smallest absolute Gasteiger partial charge is 0.287 e. The number of hydrogen-bond donors (Lipinski definition) is 2. The molecule has 3 heterocycles.